The minimum absolute atomic E-state index is 0.131. The summed E-state index contributed by atoms with van der Waals surface area (Å²) in [6, 6.07) is 0. The van der Waals surface area contributed by atoms with Gasteiger partial charge in [0.2, 0.25) is 0 Å². The van der Waals surface area contributed by atoms with Crippen LogP contribution in [0.1, 0.15) is 33.1 Å². The van der Waals surface area contributed by atoms with E-state index in [4.69, 9.17) is 4.74 Å². The van der Waals surface area contributed by atoms with Crippen molar-refractivity contribution < 1.29 is 4.74 Å². The second kappa shape index (κ2) is 4.24. The van der Waals surface area contributed by atoms with Gasteiger partial charge in [0.15, 0.2) is 0 Å². The van der Waals surface area contributed by atoms with Gasteiger partial charge in [0.1, 0.15) is 0 Å². The number of piperidine rings is 1. The molecular weight excluding hydrogens is 150 g/mol. The second-order valence-corrected chi connectivity index (χ2v) is 4.27. The molecule has 2 nitrogen and oxygen atoms in total. The van der Waals surface area contributed by atoms with E-state index in [1.165, 1.54) is 19.3 Å². The van der Waals surface area contributed by atoms with Crippen LogP contribution in [0.2, 0.25) is 0 Å². The van der Waals surface area contributed by atoms with Crippen LogP contribution in [-0.4, -0.2) is 25.8 Å². The standard InChI is InChI=1S/C10H21NO/c1-9(2)7-10(12-3)5-4-6-11-8-10/h9,11H,4-8H2,1-3H3. The molecule has 1 unspecified atom stereocenters. The summed E-state index contributed by atoms with van der Waals surface area (Å²) in [5.41, 5.74) is 0.131. The van der Waals surface area contributed by atoms with Crippen LogP contribution in [0.4, 0.5) is 0 Å². The highest BCUT2D eigenvalue weighted by atomic mass is 16.5. The van der Waals surface area contributed by atoms with Gasteiger partial charge in [-0.3, -0.25) is 0 Å². The second-order valence-electron chi connectivity index (χ2n) is 4.27. The third-order valence-corrected chi connectivity index (χ3v) is 2.65. The first kappa shape index (κ1) is 10.0. The Morgan fingerprint density at radius 1 is 1.50 bits per heavy atom. The van der Waals surface area contributed by atoms with Gasteiger partial charge >= 0.3 is 0 Å². The number of nitrogens with one attached hydrogen (secondary N) is 1. The molecule has 12 heavy (non-hydrogen) atoms. The molecule has 0 aliphatic carbocycles. The van der Waals surface area contributed by atoms with E-state index in [-0.39, 0.29) is 5.60 Å². The molecule has 1 aliphatic rings. The van der Waals surface area contributed by atoms with Crippen molar-refractivity contribution in [2.75, 3.05) is 20.2 Å². The average Bonchev–Trinajstić information content (AvgIpc) is 2.05. The molecule has 0 amide bonds. The van der Waals surface area contributed by atoms with Gasteiger partial charge in [0, 0.05) is 13.7 Å². The summed E-state index contributed by atoms with van der Waals surface area (Å²) < 4.78 is 5.63. The van der Waals surface area contributed by atoms with Gasteiger partial charge in [-0.25, -0.2) is 0 Å². The molecule has 1 heterocycles. The predicted molar refractivity (Wildman–Crippen MR) is 51.3 cm³/mol. The normalized spacial score (nSPS) is 31.0. The van der Waals surface area contributed by atoms with Crippen molar-refractivity contribution in [3.8, 4) is 0 Å². The Bertz CT molecular complexity index is 128. The number of hydrogen-bond acceptors (Lipinski definition) is 2. The number of hydrogen-bond donors (Lipinski definition) is 1. The third kappa shape index (κ3) is 2.46. The molecular formula is C10H21NO. The zero-order valence-electron chi connectivity index (χ0n) is 8.52. The molecule has 0 bridgehead atoms. The molecule has 0 radical (unpaired) electrons. The molecule has 0 aromatic heterocycles. The van der Waals surface area contributed by atoms with Crippen molar-refractivity contribution in [3.05, 3.63) is 0 Å². The molecule has 1 rings (SSSR count). The quantitative estimate of drug-likeness (QED) is 0.699. The molecule has 1 fully saturated rings. The zero-order chi connectivity index (χ0) is 9.03. The highest BCUT2D eigenvalue weighted by Crippen LogP contribution is 2.27. The first-order chi connectivity index (χ1) is 5.68. The van der Waals surface area contributed by atoms with E-state index < -0.39 is 0 Å². The fourth-order valence-electron chi connectivity index (χ4n) is 2.12. The fourth-order valence-corrected chi connectivity index (χ4v) is 2.12. The lowest BCUT2D eigenvalue weighted by Gasteiger charge is -2.37. The van der Waals surface area contributed by atoms with Crippen LogP contribution >= 0.6 is 0 Å². The van der Waals surface area contributed by atoms with Crippen molar-refractivity contribution in [1.29, 1.82) is 0 Å². The lowest BCUT2D eigenvalue weighted by atomic mass is 9.86. The minimum Gasteiger partial charge on any atom is -0.377 e. The van der Waals surface area contributed by atoms with Crippen LogP contribution in [0.3, 0.4) is 0 Å². The maximum Gasteiger partial charge on any atom is 0.0805 e. The molecule has 0 aromatic rings. The Kier molecular flexibility index (Phi) is 3.53. The van der Waals surface area contributed by atoms with E-state index in [0.29, 0.717) is 0 Å². The summed E-state index contributed by atoms with van der Waals surface area (Å²) in [6.07, 6.45) is 3.64. The highest BCUT2D eigenvalue weighted by Gasteiger charge is 2.32. The van der Waals surface area contributed by atoms with Crippen molar-refractivity contribution in [1.82, 2.24) is 5.32 Å². The van der Waals surface area contributed by atoms with E-state index in [2.05, 4.69) is 19.2 Å². The number of ether oxygens (including phenoxy) is 1. The van der Waals surface area contributed by atoms with Crippen molar-refractivity contribution >= 4 is 0 Å². The van der Waals surface area contributed by atoms with E-state index in [1.807, 2.05) is 7.11 Å². The molecule has 72 valence electrons. The molecule has 2 heteroatoms. The van der Waals surface area contributed by atoms with Gasteiger partial charge in [-0.2, -0.15) is 0 Å². The average molecular weight is 171 g/mol. The SMILES string of the molecule is COC1(CC(C)C)CCCNC1. The van der Waals surface area contributed by atoms with Crippen molar-refractivity contribution in [3.63, 3.8) is 0 Å². The summed E-state index contributed by atoms with van der Waals surface area (Å²) >= 11 is 0. The first-order valence-corrected chi connectivity index (χ1v) is 4.94. The van der Waals surface area contributed by atoms with Crippen LogP contribution in [-0.2, 0) is 4.74 Å². The number of methoxy groups -OCH3 is 1. The lowest BCUT2D eigenvalue weighted by Crippen LogP contribution is -2.47. The van der Waals surface area contributed by atoms with Gasteiger partial charge in [0.25, 0.3) is 0 Å². The molecule has 0 spiro atoms. The molecule has 1 aliphatic heterocycles. The summed E-state index contributed by atoms with van der Waals surface area (Å²) in [5.74, 6) is 0.727. The van der Waals surface area contributed by atoms with E-state index in [0.717, 1.165) is 19.0 Å². The van der Waals surface area contributed by atoms with E-state index in [1.54, 1.807) is 0 Å². The Labute approximate surface area is 75.7 Å². The summed E-state index contributed by atoms with van der Waals surface area (Å²) in [5, 5.41) is 3.41. The van der Waals surface area contributed by atoms with Gasteiger partial charge in [-0.15, -0.1) is 0 Å². The molecule has 1 atom stereocenters. The Morgan fingerprint density at radius 3 is 2.67 bits per heavy atom. The Morgan fingerprint density at radius 2 is 2.25 bits per heavy atom. The van der Waals surface area contributed by atoms with Crippen LogP contribution < -0.4 is 5.32 Å². The van der Waals surface area contributed by atoms with Crippen LogP contribution in [0.5, 0.6) is 0 Å². The minimum atomic E-state index is 0.131. The van der Waals surface area contributed by atoms with E-state index >= 15 is 0 Å². The van der Waals surface area contributed by atoms with Crippen LogP contribution in [0.25, 0.3) is 0 Å². The fraction of sp³-hybridized carbons (Fsp3) is 1.00. The van der Waals surface area contributed by atoms with E-state index in [9.17, 15) is 0 Å². The zero-order valence-corrected chi connectivity index (χ0v) is 8.52. The topological polar surface area (TPSA) is 21.3 Å². The number of rotatable bonds is 3. The third-order valence-electron chi connectivity index (χ3n) is 2.65. The summed E-state index contributed by atoms with van der Waals surface area (Å²) in [4.78, 5) is 0. The van der Waals surface area contributed by atoms with Gasteiger partial charge in [-0.1, -0.05) is 13.8 Å². The van der Waals surface area contributed by atoms with Crippen molar-refractivity contribution in [2.24, 2.45) is 5.92 Å². The van der Waals surface area contributed by atoms with Gasteiger partial charge in [0.05, 0.1) is 5.60 Å². The van der Waals surface area contributed by atoms with Crippen molar-refractivity contribution in [2.45, 2.75) is 38.7 Å². The molecule has 0 aromatic carbocycles. The Balaban J connectivity index is 2.48. The largest absolute Gasteiger partial charge is 0.377 e. The maximum absolute atomic E-state index is 5.63. The predicted octanol–water partition coefficient (Wildman–Crippen LogP) is 1.80. The van der Waals surface area contributed by atoms with Gasteiger partial charge < -0.3 is 10.1 Å². The molecule has 1 N–H and O–H groups in total. The summed E-state index contributed by atoms with van der Waals surface area (Å²) in [6.45, 7) is 6.70. The van der Waals surface area contributed by atoms with Gasteiger partial charge in [-0.05, 0) is 31.7 Å². The monoisotopic (exact) mass is 171 g/mol. The van der Waals surface area contributed by atoms with Crippen LogP contribution in [0.15, 0.2) is 0 Å². The molecule has 0 saturated carbocycles. The first-order valence-electron chi connectivity index (χ1n) is 4.94. The molecule has 1 saturated heterocycles. The lowest BCUT2D eigenvalue weighted by molar-refractivity contribution is -0.0431. The smallest absolute Gasteiger partial charge is 0.0805 e. The summed E-state index contributed by atoms with van der Waals surface area (Å²) in [7, 11) is 1.84. The Hall–Kier alpha value is -0.0800. The highest BCUT2D eigenvalue weighted by molar-refractivity contribution is 4.87. The van der Waals surface area contributed by atoms with Crippen LogP contribution in [0, 0.1) is 5.92 Å². The maximum atomic E-state index is 5.63.